The third kappa shape index (κ3) is 4.14. The number of carbonyl (C=O) groups excluding carboxylic acids is 1. The molecule has 2 aromatic heterocycles. The van der Waals surface area contributed by atoms with E-state index >= 15 is 0 Å². The van der Waals surface area contributed by atoms with E-state index in [-0.39, 0.29) is 22.7 Å². The van der Waals surface area contributed by atoms with Gasteiger partial charge in [-0.2, -0.15) is 0 Å². The van der Waals surface area contributed by atoms with Crippen LogP contribution in [0.15, 0.2) is 33.4 Å². The van der Waals surface area contributed by atoms with E-state index < -0.39 is 0 Å². The second-order valence-corrected chi connectivity index (χ2v) is 11.9. The number of Topliss-reactive ketones (excluding diaryl/α,β-unsaturated/α-hetero) is 1. The first kappa shape index (κ1) is 21.4. The summed E-state index contributed by atoms with van der Waals surface area (Å²) >= 11 is 3.23. The Kier molecular flexibility index (Phi) is 5.70. The average molecular weight is 444 g/mol. The quantitative estimate of drug-likeness (QED) is 0.473. The fourth-order valence-corrected chi connectivity index (χ4v) is 6.35. The number of thiophene rings is 1. The minimum absolute atomic E-state index is 0.105. The molecule has 7 heteroatoms. The van der Waals surface area contributed by atoms with E-state index in [0.29, 0.717) is 28.9 Å². The lowest BCUT2D eigenvalue weighted by Gasteiger charge is -2.38. The zero-order valence-electron chi connectivity index (χ0n) is 18.2. The summed E-state index contributed by atoms with van der Waals surface area (Å²) in [6, 6.07) is 4.10. The van der Waals surface area contributed by atoms with E-state index in [1.807, 2.05) is 13.0 Å². The topological polar surface area (TPSA) is 74.8 Å². The number of anilines is 1. The molecule has 0 saturated carbocycles. The molecule has 0 saturated heterocycles. The van der Waals surface area contributed by atoms with Crippen LogP contribution in [0.5, 0.6) is 0 Å². The van der Waals surface area contributed by atoms with Gasteiger partial charge in [-0.1, -0.05) is 39.5 Å². The molecule has 30 heavy (non-hydrogen) atoms. The normalized spacial score (nSPS) is 20.2. The van der Waals surface area contributed by atoms with Crippen LogP contribution in [-0.4, -0.2) is 21.5 Å². The molecule has 1 aliphatic heterocycles. The molecule has 0 amide bonds. The SMILES string of the molecule is Cc1ccc(C2C3=C(CC(C)(C)CC3=O)Nc3nc(SCCC(C)C)[nH]c(=O)c32)s1. The number of ketones is 1. The van der Waals surface area contributed by atoms with Crippen LogP contribution in [0.4, 0.5) is 5.82 Å². The molecule has 1 atom stereocenters. The Labute approximate surface area is 185 Å². The maximum absolute atomic E-state index is 13.2. The van der Waals surface area contributed by atoms with E-state index in [9.17, 15) is 9.59 Å². The van der Waals surface area contributed by atoms with Gasteiger partial charge in [-0.25, -0.2) is 4.98 Å². The third-order valence-electron chi connectivity index (χ3n) is 5.68. The molecular weight excluding hydrogens is 414 g/mol. The fraction of sp³-hybridized carbons (Fsp3) is 0.522. The first-order chi connectivity index (χ1) is 14.1. The predicted molar refractivity (Wildman–Crippen MR) is 125 cm³/mol. The third-order valence-corrected chi connectivity index (χ3v) is 7.65. The lowest BCUT2D eigenvalue weighted by molar-refractivity contribution is -0.118. The molecule has 2 aliphatic rings. The largest absolute Gasteiger partial charge is 0.343 e. The second-order valence-electron chi connectivity index (χ2n) is 9.50. The van der Waals surface area contributed by atoms with Gasteiger partial charge in [0.05, 0.1) is 11.5 Å². The van der Waals surface area contributed by atoms with Crippen molar-refractivity contribution in [3.8, 4) is 0 Å². The van der Waals surface area contributed by atoms with Gasteiger partial charge in [0.1, 0.15) is 5.82 Å². The Morgan fingerprint density at radius 3 is 2.70 bits per heavy atom. The summed E-state index contributed by atoms with van der Waals surface area (Å²) in [7, 11) is 0. The van der Waals surface area contributed by atoms with E-state index in [2.05, 4.69) is 44.1 Å². The lowest BCUT2D eigenvalue weighted by Crippen LogP contribution is -2.36. The van der Waals surface area contributed by atoms with Crippen molar-refractivity contribution < 1.29 is 4.79 Å². The van der Waals surface area contributed by atoms with E-state index in [1.54, 1.807) is 23.1 Å². The summed E-state index contributed by atoms with van der Waals surface area (Å²) in [5, 5.41) is 4.03. The molecule has 160 valence electrons. The van der Waals surface area contributed by atoms with Crippen molar-refractivity contribution in [2.45, 2.75) is 65.0 Å². The Morgan fingerprint density at radius 2 is 2.03 bits per heavy atom. The van der Waals surface area contributed by atoms with Gasteiger partial charge in [0.15, 0.2) is 10.9 Å². The van der Waals surface area contributed by atoms with Crippen LogP contribution in [0.1, 0.15) is 68.2 Å². The Hall–Kier alpha value is -1.86. The molecule has 2 aromatic rings. The first-order valence-electron chi connectivity index (χ1n) is 10.5. The van der Waals surface area contributed by atoms with Crippen LogP contribution in [0.2, 0.25) is 0 Å². The molecule has 0 fully saturated rings. The molecule has 0 spiro atoms. The minimum Gasteiger partial charge on any atom is -0.343 e. The van der Waals surface area contributed by atoms with Crippen molar-refractivity contribution in [1.29, 1.82) is 0 Å². The van der Waals surface area contributed by atoms with Gasteiger partial charge in [0.25, 0.3) is 5.56 Å². The summed E-state index contributed by atoms with van der Waals surface area (Å²) < 4.78 is 0. The lowest BCUT2D eigenvalue weighted by atomic mass is 9.70. The van der Waals surface area contributed by atoms with E-state index in [1.165, 1.54) is 4.88 Å². The van der Waals surface area contributed by atoms with Crippen LogP contribution in [-0.2, 0) is 4.79 Å². The molecular formula is C23H29N3O2S2. The average Bonchev–Trinajstić information content (AvgIpc) is 3.04. The number of hydrogen-bond acceptors (Lipinski definition) is 6. The number of carbonyl (C=O) groups is 1. The fourth-order valence-electron chi connectivity index (χ4n) is 4.25. The van der Waals surface area contributed by atoms with Gasteiger partial charge in [-0.05, 0) is 43.2 Å². The highest BCUT2D eigenvalue weighted by atomic mass is 32.2. The van der Waals surface area contributed by atoms with Crippen molar-refractivity contribution in [3.63, 3.8) is 0 Å². The van der Waals surface area contributed by atoms with Crippen LogP contribution < -0.4 is 10.9 Å². The number of hydrogen-bond donors (Lipinski definition) is 2. The monoisotopic (exact) mass is 443 g/mol. The van der Waals surface area contributed by atoms with Gasteiger partial charge < -0.3 is 10.3 Å². The van der Waals surface area contributed by atoms with E-state index in [4.69, 9.17) is 4.98 Å². The van der Waals surface area contributed by atoms with Crippen molar-refractivity contribution in [2.75, 3.05) is 11.1 Å². The maximum Gasteiger partial charge on any atom is 0.257 e. The summed E-state index contributed by atoms with van der Waals surface area (Å²) in [6.45, 7) is 10.7. The van der Waals surface area contributed by atoms with Crippen molar-refractivity contribution in [2.24, 2.45) is 11.3 Å². The zero-order valence-corrected chi connectivity index (χ0v) is 19.9. The molecule has 0 bridgehead atoms. The molecule has 2 N–H and O–H groups in total. The van der Waals surface area contributed by atoms with Crippen LogP contribution in [0.25, 0.3) is 0 Å². The van der Waals surface area contributed by atoms with Crippen LogP contribution in [0.3, 0.4) is 0 Å². The summed E-state index contributed by atoms with van der Waals surface area (Å²) in [6.07, 6.45) is 2.34. The van der Waals surface area contributed by atoms with Gasteiger partial charge in [-0.3, -0.25) is 9.59 Å². The number of aryl methyl sites for hydroxylation is 1. The number of H-pyrrole nitrogens is 1. The molecule has 5 nitrogen and oxygen atoms in total. The summed E-state index contributed by atoms with van der Waals surface area (Å²) in [4.78, 5) is 36.3. The molecule has 1 unspecified atom stereocenters. The highest BCUT2D eigenvalue weighted by molar-refractivity contribution is 7.99. The Morgan fingerprint density at radius 1 is 1.27 bits per heavy atom. The molecule has 0 aromatic carbocycles. The van der Waals surface area contributed by atoms with Crippen molar-refractivity contribution in [1.82, 2.24) is 9.97 Å². The number of thioether (sulfide) groups is 1. The molecule has 1 aliphatic carbocycles. The number of nitrogens with zero attached hydrogens (tertiary/aromatic N) is 1. The maximum atomic E-state index is 13.2. The van der Waals surface area contributed by atoms with Gasteiger partial charge in [0, 0.05) is 33.2 Å². The highest BCUT2D eigenvalue weighted by Crippen LogP contribution is 2.48. The molecule has 3 heterocycles. The van der Waals surface area contributed by atoms with Crippen molar-refractivity contribution in [3.05, 3.63) is 49.1 Å². The summed E-state index contributed by atoms with van der Waals surface area (Å²) in [5.41, 5.74) is 1.98. The molecule has 0 radical (unpaired) electrons. The number of aromatic nitrogens is 2. The predicted octanol–water partition coefficient (Wildman–Crippen LogP) is 5.48. The Bertz CT molecular complexity index is 1080. The van der Waals surface area contributed by atoms with Crippen molar-refractivity contribution >= 4 is 34.7 Å². The first-order valence-corrected chi connectivity index (χ1v) is 12.3. The Balaban J connectivity index is 1.81. The summed E-state index contributed by atoms with van der Waals surface area (Å²) in [5.74, 6) is 1.90. The number of allylic oxidation sites excluding steroid dienone is 2. The second kappa shape index (κ2) is 8.00. The van der Waals surface area contributed by atoms with E-state index in [0.717, 1.165) is 34.7 Å². The smallest absolute Gasteiger partial charge is 0.257 e. The number of fused-ring (bicyclic) bond motifs is 1. The van der Waals surface area contributed by atoms with Crippen LogP contribution >= 0.6 is 23.1 Å². The van der Waals surface area contributed by atoms with Crippen LogP contribution in [0, 0.1) is 18.3 Å². The minimum atomic E-state index is -0.343. The zero-order chi connectivity index (χ0) is 21.6. The van der Waals surface area contributed by atoms with Gasteiger partial charge in [0.2, 0.25) is 0 Å². The highest BCUT2D eigenvalue weighted by Gasteiger charge is 2.42. The van der Waals surface area contributed by atoms with Gasteiger partial charge >= 0.3 is 0 Å². The number of rotatable bonds is 5. The number of nitrogens with one attached hydrogen (secondary N) is 2. The van der Waals surface area contributed by atoms with Gasteiger partial charge in [-0.15, -0.1) is 11.3 Å². The number of aromatic amines is 1. The molecule has 4 rings (SSSR count). The standard InChI is InChI=1S/C23H29N3O2S2/c1-12(2)8-9-29-22-25-20-19(21(28)26-22)18(16-7-6-13(3)30-16)17-14(24-20)10-23(4,5)11-15(17)27/h6-7,12,18H,8-11H2,1-5H3,(H2,24,25,26,28).